The second-order valence-corrected chi connectivity index (χ2v) is 8.67. The Labute approximate surface area is 96.5 Å². The highest BCUT2D eigenvalue weighted by atomic mass is 32.2. The Balaban J connectivity index is 2.05. The average Bonchev–Trinajstić information content (AvgIpc) is 2.51. The summed E-state index contributed by atoms with van der Waals surface area (Å²) in [5, 5.41) is 0. The van der Waals surface area contributed by atoms with E-state index in [0.717, 1.165) is 12.8 Å². The lowest BCUT2D eigenvalue weighted by Gasteiger charge is -2.49. The van der Waals surface area contributed by atoms with Crippen LogP contribution in [0.25, 0.3) is 0 Å². The van der Waals surface area contributed by atoms with Gasteiger partial charge in [-0.1, -0.05) is 13.8 Å². The van der Waals surface area contributed by atoms with Crippen LogP contribution < -0.4 is 0 Å². The first kappa shape index (κ1) is 10.8. The summed E-state index contributed by atoms with van der Waals surface area (Å²) < 4.78 is 23.1. The van der Waals surface area contributed by atoms with Crippen LogP contribution in [0.3, 0.4) is 0 Å². The second kappa shape index (κ2) is 2.40. The molecule has 0 aliphatic heterocycles. The van der Waals surface area contributed by atoms with Crippen LogP contribution in [0.15, 0.2) is 0 Å². The van der Waals surface area contributed by atoms with Gasteiger partial charge < -0.3 is 0 Å². The molecule has 3 nitrogen and oxygen atoms in total. The molecule has 0 N–H and O–H groups in total. The molecule has 0 radical (unpaired) electrons. The van der Waals surface area contributed by atoms with Crippen molar-refractivity contribution in [2.45, 2.75) is 33.1 Å². The van der Waals surface area contributed by atoms with E-state index in [1.54, 1.807) is 0 Å². The van der Waals surface area contributed by atoms with Crippen LogP contribution in [-0.4, -0.2) is 26.2 Å². The van der Waals surface area contributed by atoms with Crippen LogP contribution in [0, 0.1) is 22.2 Å². The van der Waals surface area contributed by atoms with Crippen LogP contribution in [-0.2, 0) is 14.6 Å². The minimum absolute atomic E-state index is 0.0418. The molecule has 3 unspecified atom stereocenters. The quantitative estimate of drug-likeness (QED) is 0.736. The molecule has 4 heteroatoms. The molecule has 0 bridgehead atoms. The molecule has 3 aliphatic rings. The van der Waals surface area contributed by atoms with E-state index in [0.29, 0.717) is 12.3 Å². The summed E-state index contributed by atoms with van der Waals surface area (Å²) >= 11 is 0. The summed E-state index contributed by atoms with van der Waals surface area (Å²) in [6.07, 6.45) is 3.71. The number of rotatable bonds is 2. The number of sulfone groups is 1. The number of ketones is 1. The number of Topliss-reactive ketones (excluding diaryl/α,β-unsaturated/α-hetero) is 1. The topological polar surface area (TPSA) is 51.2 Å². The smallest absolute Gasteiger partial charge is 0.148 e. The molecule has 3 aliphatic carbocycles. The molecule has 0 aromatic rings. The Morgan fingerprint density at radius 2 is 1.94 bits per heavy atom. The minimum atomic E-state index is -3.06. The van der Waals surface area contributed by atoms with Gasteiger partial charge in [-0.3, -0.25) is 4.79 Å². The Morgan fingerprint density at radius 3 is 2.38 bits per heavy atom. The Kier molecular flexibility index (Phi) is 1.61. The van der Waals surface area contributed by atoms with Crippen LogP contribution in [0.4, 0.5) is 0 Å². The van der Waals surface area contributed by atoms with Crippen LogP contribution in [0.1, 0.15) is 33.1 Å². The Hall–Kier alpha value is -0.380. The van der Waals surface area contributed by atoms with Crippen LogP contribution >= 0.6 is 0 Å². The lowest BCUT2D eigenvalue weighted by atomic mass is 9.55. The van der Waals surface area contributed by atoms with Gasteiger partial charge in [0.15, 0.2) is 0 Å². The Bertz CT molecular complexity index is 490. The maximum atomic E-state index is 12.1. The molecule has 0 aromatic carbocycles. The zero-order valence-corrected chi connectivity index (χ0v) is 10.9. The molecule has 3 atom stereocenters. The summed E-state index contributed by atoms with van der Waals surface area (Å²) in [6, 6.07) is 0. The fraction of sp³-hybridized carbons (Fsp3) is 0.917. The van der Waals surface area contributed by atoms with E-state index in [-0.39, 0.29) is 22.4 Å². The summed E-state index contributed by atoms with van der Waals surface area (Å²) in [7, 11) is -3.06. The van der Waals surface area contributed by atoms with Crippen molar-refractivity contribution in [1.29, 1.82) is 0 Å². The molecule has 0 aromatic heterocycles. The summed E-state index contributed by atoms with van der Waals surface area (Å²) in [5.74, 6) is 0.746. The van der Waals surface area contributed by atoms with E-state index in [1.807, 2.05) is 0 Å². The van der Waals surface area contributed by atoms with Gasteiger partial charge in [0, 0.05) is 18.1 Å². The van der Waals surface area contributed by atoms with Gasteiger partial charge in [-0.15, -0.1) is 0 Å². The van der Waals surface area contributed by atoms with Crippen molar-refractivity contribution in [1.82, 2.24) is 0 Å². The van der Waals surface area contributed by atoms with Gasteiger partial charge in [-0.2, -0.15) is 0 Å². The molecule has 3 rings (SSSR count). The van der Waals surface area contributed by atoms with Gasteiger partial charge in [0.1, 0.15) is 15.6 Å². The minimum Gasteiger partial charge on any atom is -0.299 e. The van der Waals surface area contributed by atoms with Crippen molar-refractivity contribution >= 4 is 15.6 Å². The van der Waals surface area contributed by atoms with Crippen molar-refractivity contribution in [2.75, 3.05) is 12.0 Å². The van der Waals surface area contributed by atoms with Gasteiger partial charge in [-0.05, 0) is 29.6 Å². The molecule has 3 saturated carbocycles. The lowest BCUT2D eigenvalue weighted by molar-refractivity contribution is -0.137. The second-order valence-electron chi connectivity index (χ2n) is 6.53. The lowest BCUT2D eigenvalue weighted by Crippen LogP contribution is -2.52. The van der Waals surface area contributed by atoms with E-state index in [9.17, 15) is 13.2 Å². The molecule has 16 heavy (non-hydrogen) atoms. The fourth-order valence-corrected chi connectivity index (χ4v) is 6.49. The van der Waals surface area contributed by atoms with Crippen LogP contribution in [0.5, 0.6) is 0 Å². The van der Waals surface area contributed by atoms with Crippen molar-refractivity contribution in [3.63, 3.8) is 0 Å². The third-order valence-electron chi connectivity index (χ3n) is 5.76. The van der Waals surface area contributed by atoms with Crippen molar-refractivity contribution in [3.05, 3.63) is 0 Å². The summed E-state index contributed by atoms with van der Waals surface area (Å²) in [5.41, 5.74) is -0.279. The highest BCUT2D eigenvalue weighted by Gasteiger charge is 2.88. The average molecular weight is 242 g/mol. The highest BCUT2D eigenvalue weighted by Crippen LogP contribution is 2.89. The molecular formula is C12H18O3S. The van der Waals surface area contributed by atoms with Crippen molar-refractivity contribution in [2.24, 2.45) is 22.2 Å². The first-order valence-electron chi connectivity index (χ1n) is 5.88. The summed E-state index contributed by atoms with van der Waals surface area (Å²) in [6.45, 7) is 4.39. The zero-order valence-electron chi connectivity index (χ0n) is 10.0. The summed E-state index contributed by atoms with van der Waals surface area (Å²) in [4.78, 5) is 12.1. The first-order valence-corrected chi connectivity index (χ1v) is 7.94. The van der Waals surface area contributed by atoms with Gasteiger partial charge >= 0.3 is 0 Å². The number of carbonyl (C=O) groups is 1. The monoisotopic (exact) mass is 242 g/mol. The molecule has 1 spiro atoms. The largest absolute Gasteiger partial charge is 0.299 e. The van der Waals surface area contributed by atoms with Crippen molar-refractivity contribution in [3.8, 4) is 0 Å². The maximum absolute atomic E-state index is 12.1. The number of hydrogen-bond donors (Lipinski definition) is 0. The van der Waals surface area contributed by atoms with Gasteiger partial charge in [0.25, 0.3) is 0 Å². The van der Waals surface area contributed by atoms with E-state index in [4.69, 9.17) is 0 Å². The van der Waals surface area contributed by atoms with Crippen molar-refractivity contribution < 1.29 is 13.2 Å². The standard InChI is InChI=1S/C12H18O3S/c1-10(2)8-6-9(13)11(7-16(3,14)15)4-5-12(8,10)11/h8H,4-7H2,1-3H3. The third-order valence-corrected chi connectivity index (χ3v) is 6.78. The van der Waals surface area contributed by atoms with Gasteiger partial charge in [-0.25, -0.2) is 8.42 Å². The molecule has 0 heterocycles. The number of carbonyl (C=O) groups excluding carboxylic acids is 1. The molecular weight excluding hydrogens is 224 g/mol. The number of hydrogen-bond acceptors (Lipinski definition) is 3. The molecule has 0 amide bonds. The SMILES string of the molecule is CC1(C)C2CC(=O)C3(CS(C)(=O)=O)CCC231. The van der Waals surface area contributed by atoms with Gasteiger partial charge in [0.05, 0.1) is 5.75 Å². The highest BCUT2D eigenvalue weighted by molar-refractivity contribution is 7.90. The van der Waals surface area contributed by atoms with Crippen LogP contribution in [0.2, 0.25) is 0 Å². The predicted octanol–water partition coefficient (Wildman–Crippen LogP) is 1.43. The van der Waals surface area contributed by atoms with E-state index >= 15 is 0 Å². The first-order chi connectivity index (χ1) is 7.17. The molecule has 90 valence electrons. The van der Waals surface area contributed by atoms with E-state index in [1.165, 1.54) is 6.26 Å². The predicted molar refractivity (Wildman–Crippen MR) is 60.7 cm³/mol. The molecule has 0 saturated heterocycles. The van der Waals surface area contributed by atoms with E-state index in [2.05, 4.69) is 13.8 Å². The zero-order chi connectivity index (χ0) is 12.0. The fourth-order valence-electron chi connectivity index (χ4n) is 5.04. The Morgan fingerprint density at radius 1 is 1.31 bits per heavy atom. The van der Waals surface area contributed by atoms with E-state index < -0.39 is 15.3 Å². The maximum Gasteiger partial charge on any atom is 0.148 e. The molecule has 3 fully saturated rings. The van der Waals surface area contributed by atoms with Gasteiger partial charge in [0.2, 0.25) is 0 Å². The normalized spacial score (nSPS) is 48.2. The third kappa shape index (κ3) is 0.847.